The van der Waals surface area contributed by atoms with E-state index in [2.05, 4.69) is 16.8 Å². The van der Waals surface area contributed by atoms with Crippen LogP contribution in [0.5, 0.6) is 5.75 Å². The maximum atomic E-state index is 12.3. The standard InChI is InChI=1S/C17H26N2O2/c1-18-10-8-14(9-11-18)12-19(2)13-17(20)15-4-6-16(21-3)7-5-15/h4-7,14H,8-13H2,1-3H3. The van der Waals surface area contributed by atoms with E-state index < -0.39 is 0 Å². The van der Waals surface area contributed by atoms with E-state index in [9.17, 15) is 4.79 Å². The number of hydrogen-bond acceptors (Lipinski definition) is 4. The fourth-order valence-electron chi connectivity index (χ4n) is 2.86. The lowest BCUT2D eigenvalue weighted by Crippen LogP contribution is -2.37. The van der Waals surface area contributed by atoms with Crippen molar-refractivity contribution in [3.05, 3.63) is 29.8 Å². The molecule has 0 unspecified atom stereocenters. The van der Waals surface area contributed by atoms with Gasteiger partial charge in [0.1, 0.15) is 5.75 Å². The molecule has 1 saturated heterocycles. The molecule has 116 valence electrons. The topological polar surface area (TPSA) is 32.8 Å². The third-order valence-electron chi connectivity index (χ3n) is 4.23. The van der Waals surface area contributed by atoms with E-state index in [1.807, 2.05) is 31.3 Å². The Morgan fingerprint density at radius 3 is 2.48 bits per heavy atom. The number of likely N-dealkylation sites (N-methyl/N-ethyl adjacent to an activating group) is 1. The predicted molar refractivity (Wildman–Crippen MR) is 85.0 cm³/mol. The highest BCUT2D eigenvalue weighted by Gasteiger charge is 2.19. The van der Waals surface area contributed by atoms with Crippen LogP contribution in [0.25, 0.3) is 0 Å². The Kier molecular flexibility index (Phi) is 5.76. The lowest BCUT2D eigenvalue weighted by molar-refractivity contribution is 0.0924. The van der Waals surface area contributed by atoms with Crippen molar-refractivity contribution in [1.29, 1.82) is 0 Å². The van der Waals surface area contributed by atoms with E-state index in [0.717, 1.165) is 23.8 Å². The molecule has 0 amide bonds. The van der Waals surface area contributed by atoms with Gasteiger partial charge >= 0.3 is 0 Å². The van der Waals surface area contributed by atoms with Gasteiger partial charge < -0.3 is 9.64 Å². The van der Waals surface area contributed by atoms with E-state index in [1.165, 1.54) is 25.9 Å². The first-order valence-electron chi connectivity index (χ1n) is 7.63. The first kappa shape index (κ1) is 16.0. The SMILES string of the molecule is COc1ccc(C(=O)CN(C)CC2CCN(C)CC2)cc1. The van der Waals surface area contributed by atoms with Crippen molar-refractivity contribution in [2.24, 2.45) is 5.92 Å². The summed E-state index contributed by atoms with van der Waals surface area (Å²) in [5.41, 5.74) is 0.756. The summed E-state index contributed by atoms with van der Waals surface area (Å²) in [5.74, 6) is 1.68. The van der Waals surface area contributed by atoms with E-state index >= 15 is 0 Å². The molecular weight excluding hydrogens is 264 g/mol. The van der Waals surface area contributed by atoms with Gasteiger partial charge in [-0.1, -0.05) is 0 Å². The molecule has 0 saturated carbocycles. The van der Waals surface area contributed by atoms with Gasteiger partial charge in [0.05, 0.1) is 13.7 Å². The number of methoxy groups -OCH3 is 1. The molecule has 0 aliphatic carbocycles. The van der Waals surface area contributed by atoms with Crippen molar-refractivity contribution >= 4 is 5.78 Å². The number of likely N-dealkylation sites (tertiary alicyclic amines) is 1. The fourth-order valence-corrected chi connectivity index (χ4v) is 2.86. The summed E-state index contributed by atoms with van der Waals surface area (Å²) in [6, 6.07) is 7.35. The first-order chi connectivity index (χ1) is 10.1. The lowest BCUT2D eigenvalue weighted by Gasteiger charge is -2.31. The number of piperidine rings is 1. The van der Waals surface area contributed by atoms with Gasteiger partial charge in [0, 0.05) is 12.1 Å². The molecule has 1 fully saturated rings. The number of carbonyl (C=O) groups excluding carboxylic acids is 1. The summed E-state index contributed by atoms with van der Waals surface area (Å²) in [6.07, 6.45) is 2.47. The summed E-state index contributed by atoms with van der Waals surface area (Å²) in [6.45, 7) is 3.84. The van der Waals surface area contributed by atoms with Crippen molar-refractivity contribution in [2.75, 3.05) is 47.4 Å². The lowest BCUT2D eigenvalue weighted by atomic mass is 9.96. The number of nitrogens with zero attached hydrogens (tertiary/aromatic N) is 2. The van der Waals surface area contributed by atoms with E-state index in [-0.39, 0.29) is 5.78 Å². The zero-order valence-corrected chi connectivity index (χ0v) is 13.3. The third-order valence-corrected chi connectivity index (χ3v) is 4.23. The van der Waals surface area contributed by atoms with Crippen LogP contribution in [0.3, 0.4) is 0 Å². The minimum atomic E-state index is 0.174. The number of benzene rings is 1. The number of rotatable bonds is 6. The van der Waals surface area contributed by atoms with Crippen LogP contribution in [0.15, 0.2) is 24.3 Å². The zero-order valence-electron chi connectivity index (χ0n) is 13.3. The highest BCUT2D eigenvalue weighted by Crippen LogP contribution is 2.17. The molecule has 0 radical (unpaired) electrons. The van der Waals surface area contributed by atoms with Gasteiger partial charge in [-0.3, -0.25) is 9.69 Å². The molecule has 1 aromatic rings. The zero-order chi connectivity index (χ0) is 15.2. The monoisotopic (exact) mass is 290 g/mol. The highest BCUT2D eigenvalue weighted by molar-refractivity contribution is 5.97. The Hall–Kier alpha value is -1.39. The smallest absolute Gasteiger partial charge is 0.176 e. The van der Waals surface area contributed by atoms with Crippen molar-refractivity contribution in [1.82, 2.24) is 9.80 Å². The summed E-state index contributed by atoms with van der Waals surface area (Å²) >= 11 is 0. The molecule has 21 heavy (non-hydrogen) atoms. The average Bonchev–Trinajstić information content (AvgIpc) is 2.49. The maximum Gasteiger partial charge on any atom is 0.176 e. The van der Waals surface area contributed by atoms with Gasteiger partial charge in [-0.25, -0.2) is 0 Å². The number of carbonyl (C=O) groups is 1. The van der Waals surface area contributed by atoms with Gasteiger partial charge in [-0.05, 0) is 70.2 Å². The predicted octanol–water partition coefficient (Wildman–Crippen LogP) is 2.15. The molecule has 4 heteroatoms. The second-order valence-corrected chi connectivity index (χ2v) is 6.10. The highest BCUT2D eigenvalue weighted by atomic mass is 16.5. The number of ether oxygens (including phenoxy) is 1. The summed E-state index contributed by atoms with van der Waals surface area (Å²) in [4.78, 5) is 16.8. The van der Waals surface area contributed by atoms with Gasteiger partial charge in [0.15, 0.2) is 5.78 Å². The van der Waals surface area contributed by atoms with E-state index in [4.69, 9.17) is 4.74 Å². The maximum absolute atomic E-state index is 12.3. The van der Waals surface area contributed by atoms with Crippen LogP contribution in [-0.4, -0.2) is 63.0 Å². The molecule has 2 rings (SSSR count). The largest absolute Gasteiger partial charge is 0.497 e. The average molecular weight is 290 g/mol. The van der Waals surface area contributed by atoms with Crippen LogP contribution in [0, 0.1) is 5.92 Å². The van der Waals surface area contributed by atoms with E-state index in [1.54, 1.807) is 7.11 Å². The molecule has 1 aliphatic rings. The molecule has 0 spiro atoms. The third kappa shape index (κ3) is 4.83. The Morgan fingerprint density at radius 2 is 1.90 bits per heavy atom. The summed E-state index contributed by atoms with van der Waals surface area (Å²) < 4.78 is 5.11. The van der Waals surface area contributed by atoms with Gasteiger partial charge in [-0.15, -0.1) is 0 Å². The van der Waals surface area contributed by atoms with Gasteiger partial charge in [-0.2, -0.15) is 0 Å². The van der Waals surface area contributed by atoms with Crippen molar-refractivity contribution in [3.63, 3.8) is 0 Å². The minimum absolute atomic E-state index is 0.174. The summed E-state index contributed by atoms with van der Waals surface area (Å²) in [5, 5.41) is 0. The molecule has 0 atom stereocenters. The van der Waals surface area contributed by atoms with Crippen LogP contribution < -0.4 is 4.74 Å². The summed E-state index contributed by atoms with van der Waals surface area (Å²) in [7, 11) is 5.85. The van der Waals surface area contributed by atoms with Crippen molar-refractivity contribution < 1.29 is 9.53 Å². The normalized spacial score (nSPS) is 17.1. The Morgan fingerprint density at radius 1 is 1.29 bits per heavy atom. The quantitative estimate of drug-likeness (QED) is 0.752. The molecular formula is C17H26N2O2. The molecule has 0 aromatic heterocycles. The Labute approximate surface area is 127 Å². The minimum Gasteiger partial charge on any atom is -0.497 e. The van der Waals surface area contributed by atoms with Gasteiger partial charge in [0.2, 0.25) is 0 Å². The van der Waals surface area contributed by atoms with Gasteiger partial charge in [0.25, 0.3) is 0 Å². The van der Waals surface area contributed by atoms with Crippen LogP contribution in [0.1, 0.15) is 23.2 Å². The van der Waals surface area contributed by atoms with Crippen LogP contribution in [0.2, 0.25) is 0 Å². The molecule has 0 N–H and O–H groups in total. The van der Waals surface area contributed by atoms with Crippen LogP contribution >= 0.6 is 0 Å². The fraction of sp³-hybridized carbons (Fsp3) is 0.588. The first-order valence-corrected chi connectivity index (χ1v) is 7.63. The van der Waals surface area contributed by atoms with Crippen LogP contribution in [0.4, 0.5) is 0 Å². The number of ketones is 1. The van der Waals surface area contributed by atoms with Crippen molar-refractivity contribution in [3.8, 4) is 5.75 Å². The molecule has 4 nitrogen and oxygen atoms in total. The second kappa shape index (κ2) is 7.57. The Balaban J connectivity index is 1.81. The molecule has 0 bridgehead atoms. The molecule has 1 aliphatic heterocycles. The van der Waals surface area contributed by atoms with Crippen molar-refractivity contribution in [2.45, 2.75) is 12.8 Å². The molecule has 1 heterocycles. The number of hydrogen-bond donors (Lipinski definition) is 0. The Bertz CT molecular complexity index is 450. The molecule has 1 aromatic carbocycles. The van der Waals surface area contributed by atoms with Crippen LogP contribution in [-0.2, 0) is 0 Å². The second-order valence-electron chi connectivity index (χ2n) is 6.10. The van der Waals surface area contributed by atoms with E-state index in [0.29, 0.717) is 6.54 Å². The number of Topliss-reactive ketones (excluding diaryl/α,β-unsaturated/α-hetero) is 1.